The van der Waals surface area contributed by atoms with Gasteiger partial charge in [-0.3, -0.25) is 0 Å². The van der Waals surface area contributed by atoms with Crippen LogP contribution in [0.15, 0.2) is 6.07 Å². The highest BCUT2D eigenvalue weighted by molar-refractivity contribution is 7.12. The highest BCUT2D eigenvalue weighted by atomic mass is 32.1. The van der Waals surface area contributed by atoms with Gasteiger partial charge in [0.15, 0.2) is 0 Å². The molecule has 0 spiro atoms. The second-order valence-electron chi connectivity index (χ2n) is 7.00. The maximum Gasteiger partial charge on any atom is 0.0386 e. The van der Waals surface area contributed by atoms with Gasteiger partial charge in [0, 0.05) is 28.9 Å². The first-order chi connectivity index (χ1) is 10.2. The van der Waals surface area contributed by atoms with E-state index in [2.05, 4.69) is 41.5 Å². The molecule has 0 amide bonds. The van der Waals surface area contributed by atoms with Crippen LogP contribution in [0.2, 0.25) is 0 Å². The van der Waals surface area contributed by atoms with E-state index in [1.165, 1.54) is 58.2 Å². The summed E-state index contributed by atoms with van der Waals surface area (Å²) in [6.07, 6.45) is 8.17. The lowest BCUT2D eigenvalue weighted by Crippen LogP contribution is -2.38. The Hall–Kier alpha value is -0.380. The van der Waals surface area contributed by atoms with Crippen molar-refractivity contribution in [3.05, 3.63) is 21.4 Å². The van der Waals surface area contributed by atoms with Crippen molar-refractivity contribution in [2.45, 2.75) is 58.4 Å². The highest BCUT2D eigenvalue weighted by Gasteiger charge is 2.18. The molecule has 1 atom stereocenters. The number of fused-ring (bicyclic) bond motifs is 1. The van der Waals surface area contributed by atoms with Crippen molar-refractivity contribution >= 4 is 11.3 Å². The molecule has 2 heterocycles. The number of rotatable bonds is 5. The number of nitrogens with one attached hydrogen (secondary N) is 1. The molecule has 3 rings (SSSR count). The fraction of sp³-hybridized carbons (Fsp3) is 0.778. The van der Waals surface area contributed by atoms with Crippen molar-refractivity contribution in [3.8, 4) is 0 Å². The van der Waals surface area contributed by atoms with Gasteiger partial charge in [0.05, 0.1) is 0 Å². The van der Waals surface area contributed by atoms with Crippen molar-refractivity contribution in [2.24, 2.45) is 5.92 Å². The minimum Gasteiger partial charge on any atom is -0.308 e. The molecular formula is C18H30N2S. The van der Waals surface area contributed by atoms with Gasteiger partial charge in [-0.05, 0) is 76.1 Å². The molecule has 1 aromatic heterocycles. The zero-order valence-electron chi connectivity index (χ0n) is 13.7. The molecule has 2 aliphatic rings. The van der Waals surface area contributed by atoms with Crippen molar-refractivity contribution < 1.29 is 0 Å². The highest BCUT2D eigenvalue weighted by Crippen LogP contribution is 2.32. The Morgan fingerprint density at radius 2 is 2.05 bits per heavy atom. The second-order valence-corrected chi connectivity index (χ2v) is 8.17. The van der Waals surface area contributed by atoms with Crippen LogP contribution in [-0.2, 0) is 12.8 Å². The predicted molar refractivity (Wildman–Crippen MR) is 92.2 cm³/mol. The molecule has 21 heavy (non-hydrogen) atoms. The van der Waals surface area contributed by atoms with Crippen LogP contribution in [0.5, 0.6) is 0 Å². The fourth-order valence-electron chi connectivity index (χ4n) is 3.55. The minimum absolute atomic E-state index is 0.518. The standard InChI is InChI=1S/C18H30N2S/c1-14-7-10-20(11-8-14)12-9-19-15(2)18-13-16-5-3-4-6-17(16)21-18/h13-15,19H,3-12H2,1-2H3. The average Bonchev–Trinajstić information content (AvgIpc) is 2.93. The van der Waals surface area contributed by atoms with Gasteiger partial charge in [-0.2, -0.15) is 0 Å². The van der Waals surface area contributed by atoms with Gasteiger partial charge in [0.1, 0.15) is 0 Å². The molecule has 3 heteroatoms. The summed E-state index contributed by atoms with van der Waals surface area (Å²) in [5, 5.41) is 3.74. The molecule has 1 N–H and O–H groups in total. The maximum absolute atomic E-state index is 3.74. The first-order valence-electron chi connectivity index (χ1n) is 8.79. The normalized spacial score (nSPS) is 22.2. The van der Waals surface area contributed by atoms with E-state index in [9.17, 15) is 0 Å². The van der Waals surface area contributed by atoms with Crippen LogP contribution in [-0.4, -0.2) is 31.1 Å². The van der Waals surface area contributed by atoms with E-state index in [0.29, 0.717) is 6.04 Å². The van der Waals surface area contributed by atoms with Gasteiger partial charge in [0.25, 0.3) is 0 Å². The predicted octanol–water partition coefficient (Wildman–Crippen LogP) is 4.01. The third-order valence-corrected chi connectivity index (χ3v) is 6.62. The molecule has 1 aromatic rings. The van der Waals surface area contributed by atoms with Crippen molar-refractivity contribution in [1.82, 2.24) is 10.2 Å². The number of hydrogen-bond acceptors (Lipinski definition) is 3. The van der Waals surface area contributed by atoms with E-state index in [4.69, 9.17) is 0 Å². The van der Waals surface area contributed by atoms with Gasteiger partial charge in [-0.1, -0.05) is 6.92 Å². The third-order valence-electron chi connectivity index (χ3n) is 5.20. The zero-order chi connectivity index (χ0) is 14.7. The summed E-state index contributed by atoms with van der Waals surface area (Å²) in [4.78, 5) is 5.84. The Labute approximate surface area is 133 Å². The maximum atomic E-state index is 3.74. The minimum atomic E-state index is 0.518. The number of aryl methyl sites for hydroxylation is 2. The Balaban J connectivity index is 1.43. The summed E-state index contributed by atoms with van der Waals surface area (Å²) in [5.41, 5.74) is 1.64. The van der Waals surface area contributed by atoms with Gasteiger partial charge < -0.3 is 10.2 Å². The van der Waals surface area contributed by atoms with Crippen LogP contribution in [0.3, 0.4) is 0 Å². The number of piperidine rings is 1. The van der Waals surface area contributed by atoms with Gasteiger partial charge in [-0.25, -0.2) is 0 Å². The number of likely N-dealkylation sites (tertiary alicyclic amines) is 1. The largest absolute Gasteiger partial charge is 0.308 e. The van der Waals surface area contributed by atoms with Crippen LogP contribution < -0.4 is 5.32 Å². The Morgan fingerprint density at radius 3 is 2.81 bits per heavy atom. The molecule has 1 aliphatic heterocycles. The lowest BCUT2D eigenvalue weighted by atomic mass is 9.99. The van der Waals surface area contributed by atoms with Crippen LogP contribution >= 0.6 is 11.3 Å². The quantitative estimate of drug-likeness (QED) is 0.884. The number of hydrogen-bond donors (Lipinski definition) is 1. The van der Waals surface area contributed by atoms with Crippen molar-refractivity contribution in [2.75, 3.05) is 26.2 Å². The molecule has 1 unspecified atom stereocenters. The number of thiophene rings is 1. The van der Waals surface area contributed by atoms with Crippen LogP contribution in [0.4, 0.5) is 0 Å². The molecule has 0 radical (unpaired) electrons. The zero-order valence-corrected chi connectivity index (χ0v) is 14.5. The molecule has 1 fully saturated rings. The summed E-state index contributed by atoms with van der Waals surface area (Å²) < 4.78 is 0. The SMILES string of the molecule is CC1CCN(CCNC(C)c2cc3c(s2)CCCC3)CC1. The van der Waals surface area contributed by atoms with Gasteiger partial charge >= 0.3 is 0 Å². The monoisotopic (exact) mass is 306 g/mol. The summed E-state index contributed by atoms with van der Waals surface area (Å²) in [7, 11) is 0. The summed E-state index contributed by atoms with van der Waals surface area (Å²) >= 11 is 2.05. The Morgan fingerprint density at radius 1 is 1.29 bits per heavy atom. The van der Waals surface area contributed by atoms with E-state index < -0.39 is 0 Å². The Bertz CT molecular complexity index is 423. The summed E-state index contributed by atoms with van der Waals surface area (Å²) in [6, 6.07) is 2.99. The van der Waals surface area contributed by atoms with Crippen LogP contribution in [0, 0.1) is 5.92 Å². The molecular weight excluding hydrogens is 276 g/mol. The van der Waals surface area contributed by atoms with E-state index in [1.807, 2.05) is 0 Å². The lowest BCUT2D eigenvalue weighted by Gasteiger charge is -2.30. The van der Waals surface area contributed by atoms with Crippen molar-refractivity contribution in [3.63, 3.8) is 0 Å². The molecule has 1 aliphatic carbocycles. The van der Waals surface area contributed by atoms with Gasteiger partial charge in [-0.15, -0.1) is 11.3 Å². The molecule has 0 saturated carbocycles. The Kier molecular flexibility index (Phi) is 5.36. The van der Waals surface area contributed by atoms with Crippen molar-refractivity contribution in [1.29, 1.82) is 0 Å². The smallest absolute Gasteiger partial charge is 0.0386 e. The van der Waals surface area contributed by atoms with E-state index in [1.54, 1.807) is 15.3 Å². The first-order valence-corrected chi connectivity index (χ1v) is 9.61. The van der Waals surface area contributed by atoms with E-state index >= 15 is 0 Å². The number of nitrogens with zero attached hydrogens (tertiary/aromatic N) is 1. The molecule has 1 saturated heterocycles. The first kappa shape index (κ1) is 15.5. The average molecular weight is 307 g/mol. The lowest BCUT2D eigenvalue weighted by molar-refractivity contribution is 0.191. The molecule has 118 valence electrons. The molecule has 0 bridgehead atoms. The van der Waals surface area contributed by atoms with Crippen LogP contribution in [0.1, 0.15) is 60.9 Å². The van der Waals surface area contributed by atoms with Gasteiger partial charge in [0.2, 0.25) is 0 Å². The third kappa shape index (κ3) is 4.08. The van der Waals surface area contributed by atoms with Crippen LogP contribution in [0.25, 0.3) is 0 Å². The van der Waals surface area contributed by atoms with E-state index in [0.717, 1.165) is 12.5 Å². The molecule has 0 aromatic carbocycles. The fourth-order valence-corrected chi connectivity index (χ4v) is 4.84. The second kappa shape index (κ2) is 7.26. The summed E-state index contributed by atoms with van der Waals surface area (Å²) in [6.45, 7) is 9.64. The van der Waals surface area contributed by atoms with E-state index in [-0.39, 0.29) is 0 Å². The molecule has 2 nitrogen and oxygen atoms in total. The summed E-state index contributed by atoms with van der Waals surface area (Å²) in [5.74, 6) is 0.936. The topological polar surface area (TPSA) is 15.3 Å².